The molecule has 0 aromatic heterocycles. The van der Waals surface area contributed by atoms with Crippen LogP contribution in [-0.2, 0) is 19.6 Å². The van der Waals surface area contributed by atoms with Gasteiger partial charge in [-0.15, -0.1) is 0 Å². The topological polar surface area (TPSA) is 29.3 Å². The normalized spacial score (nSPS) is 10.9. The van der Waals surface area contributed by atoms with Gasteiger partial charge in [-0.05, 0) is 36.2 Å². The van der Waals surface area contributed by atoms with E-state index in [1.807, 2.05) is 0 Å². The van der Waals surface area contributed by atoms with Crippen molar-refractivity contribution in [3.63, 3.8) is 0 Å². The quantitative estimate of drug-likeness (QED) is 0.888. The van der Waals surface area contributed by atoms with Crippen LogP contribution in [0.2, 0.25) is 0 Å². The van der Waals surface area contributed by atoms with E-state index in [1.54, 1.807) is 0 Å². The summed E-state index contributed by atoms with van der Waals surface area (Å²) < 4.78 is 0. The summed E-state index contributed by atoms with van der Waals surface area (Å²) in [5.74, 6) is 0. The fraction of sp³-hybridized carbons (Fsp3) is 0.294. The van der Waals surface area contributed by atoms with Crippen LogP contribution >= 0.6 is 0 Å². The van der Waals surface area contributed by atoms with Gasteiger partial charge in [0.15, 0.2) is 0 Å². The average Bonchev–Trinajstić information content (AvgIpc) is 2.41. The predicted octanol–water partition coefficient (Wildman–Crippen LogP) is 3.09. The van der Waals surface area contributed by atoms with Gasteiger partial charge in [0, 0.05) is 19.6 Å². The Hall–Kier alpha value is -1.64. The van der Waals surface area contributed by atoms with Crippen molar-refractivity contribution in [3.8, 4) is 0 Å². The molecule has 2 rings (SSSR count). The van der Waals surface area contributed by atoms with Gasteiger partial charge in [0.05, 0.1) is 0 Å². The molecule has 0 aliphatic rings. The van der Waals surface area contributed by atoms with Crippen LogP contribution < -0.4 is 5.73 Å². The summed E-state index contributed by atoms with van der Waals surface area (Å²) in [7, 11) is 2.15. The molecule has 0 amide bonds. The molecule has 0 saturated heterocycles. The molecule has 2 heteroatoms. The zero-order valence-corrected chi connectivity index (χ0v) is 11.8. The molecule has 2 nitrogen and oxygen atoms in total. The molecule has 2 aromatic rings. The maximum atomic E-state index is 5.68. The molecule has 0 radical (unpaired) electrons. The van der Waals surface area contributed by atoms with Crippen molar-refractivity contribution >= 4 is 0 Å². The molecule has 0 saturated carbocycles. The largest absolute Gasteiger partial charge is 0.326 e. The smallest absolute Gasteiger partial charge is 0.0236 e. The van der Waals surface area contributed by atoms with E-state index in [0.717, 1.165) is 13.1 Å². The molecule has 2 aromatic carbocycles. The molecule has 0 unspecified atom stereocenters. The van der Waals surface area contributed by atoms with Crippen LogP contribution in [-0.4, -0.2) is 11.9 Å². The van der Waals surface area contributed by atoms with Gasteiger partial charge in [-0.25, -0.2) is 0 Å². The third kappa shape index (κ3) is 3.91. The number of hydrogen-bond donors (Lipinski definition) is 1. The van der Waals surface area contributed by atoms with Crippen LogP contribution in [0, 0.1) is 6.92 Å². The molecule has 19 heavy (non-hydrogen) atoms. The summed E-state index contributed by atoms with van der Waals surface area (Å²) in [6, 6.07) is 17.1. The number of aryl methyl sites for hydroxylation is 1. The van der Waals surface area contributed by atoms with Gasteiger partial charge in [0.1, 0.15) is 0 Å². The van der Waals surface area contributed by atoms with E-state index in [4.69, 9.17) is 5.73 Å². The molecule has 2 N–H and O–H groups in total. The van der Waals surface area contributed by atoms with Crippen LogP contribution in [0.25, 0.3) is 0 Å². The summed E-state index contributed by atoms with van der Waals surface area (Å²) in [6.45, 7) is 4.69. The molecule has 0 atom stereocenters. The Morgan fingerprint density at radius 2 is 1.68 bits per heavy atom. The van der Waals surface area contributed by atoms with Gasteiger partial charge in [0.2, 0.25) is 0 Å². The van der Waals surface area contributed by atoms with E-state index >= 15 is 0 Å². The Morgan fingerprint density at radius 3 is 2.42 bits per heavy atom. The third-order valence-electron chi connectivity index (χ3n) is 3.38. The van der Waals surface area contributed by atoms with Gasteiger partial charge in [-0.3, -0.25) is 4.90 Å². The minimum atomic E-state index is 0.606. The van der Waals surface area contributed by atoms with Gasteiger partial charge in [0.25, 0.3) is 0 Å². The van der Waals surface area contributed by atoms with Crippen LogP contribution in [0.1, 0.15) is 22.3 Å². The number of hydrogen-bond acceptors (Lipinski definition) is 2. The number of nitrogens with two attached hydrogens (primary N) is 1. The van der Waals surface area contributed by atoms with E-state index in [1.165, 1.54) is 22.3 Å². The van der Waals surface area contributed by atoms with Crippen molar-refractivity contribution in [1.82, 2.24) is 4.90 Å². The van der Waals surface area contributed by atoms with Crippen molar-refractivity contribution in [2.75, 3.05) is 7.05 Å². The molecular weight excluding hydrogens is 232 g/mol. The van der Waals surface area contributed by atoms with Gasteiger partial charge in [-0.2, -0.15) is 0 Å². The number of nitrogens with zero attached hydrogens (tertiary/aromatic N) is 1. The summed E-state index contributed by atoms with van der Waals surface area (Å²) in [4.78, 5) is 2.33. The third-order valence-corrected chi connectivity index (χ3v) is 3.38. The Kier molecular flexibility index (Phi) is 4.72. The van der Waals surface area contributed by atoms with E-state index in [9.17, 15) is 0 Å². The summed E-state index contributed by atoms with van der Waals surface area (Å²) in [5, 5.41) is 0. The minimum absolute atomic E-state index is 0.606. The standard InChI is InChI=1S/C17H22N2/c1-14-6-3-4-9-17(14)13-19(2)12-16-8-5-7-15(10-16)11-18/h3-10H,11-13,18H2,1-2H3. The Balaban J connectivity index is 2.01. The van der Waals surface area contributed by atoms with Gasteiger partial charge < -0.3 is 5.73 Å². The molecule has 0 bridgehead atoms. The lowest BCUT2D eigenvalue weighted by Crippen LogP contribution is -2.18. The van der Waals surface area contributed by atoms with Crippen molar-refractivity contribution in [2.45, 2.75) is 26.6 Å². The monoisotopic (exact) mass is 254 g/mol. The highest BCUT2D eigenvalue weighted by Gasteiger charge is 2.04. The van der Waals surface area contributed by atoms with Gasteiger partial charge >= 0.3 is 0 Å². The predicted molar refractivity (Wildman–Crippen MR) is 80.7 cm³/mol. The van der Waals surface area contributed by atoms with Crippen molar-refractivity contribution in [2.24, 2.45) is 5.73 Å². The molecule has 0 fully saturated rings. The second kappa shape index (κ2) is 6.50. The molecule has 0 heterocycles. The molecule has 100 valence electrons. The second-order valence-corrected chi connectivity index (χ2v) is 5.12. The van der Waals surface area contributed by atoms with Crippen LogP contribution in [0.5, 0.6) is 0 Å². The SMILES string of the molecule is Cc1ccccc1CN(C)Cc1cccc(CN)c1. The highest BCUT2D eigenvalue weighted by molar-refractivity contribution is 5.26. The number of rotatable bonds is 5. The first-order valence-electron chi connectivity index (χ1n) is 6.70. The van der Waals surface area contributed by atoms with Crippen molar-refractivity contribution < 1.29 is 0 Å². The lowest BCUT2D eigenvalue weighted by Gasteiger charge is -2.18. The van der Waals surface area contributed by atoms with Crippen LogP contribution in [0.15, 0.2) is 48.5 Å². The molecule has 0 aliphatic carbocycles. The first-order chi connectivity index (χ1) is 9.19. The average molecular weight is 254 g/mol. The Morgan fingerprint density at radius 1 is 0.947 bits per heavy atom. The fourth-order valence-electron chi connectivity index (χ4n) is 2.30. The summed E-state index contributed by atoms with van der Waals surface area (Å²) in [5.41, 5.74) is 10.9. The van der Waals surface area contributed by atoms with E-state index in [2.05, 4.69) is 67.4 Å². The zero-order valence-electron chi connectivity index (χ0n) is 11.8. The maximum Gasteiger partial charge on any atom is 0.0236 e. The van der Waals surface area contributed by atoms with Crippen LogP contribution in [0.3, 0.4) is 0 Å². The Labute approximate surface area is 115 Å². The van der Waals surface area contributed by atoms with Crippen molar-refractivity contribution in [1.29, 1.82) is 0 Å². The van der Waals surface area contributed by atoms with Crippen LogP contribution in [0.4, 0.5) is 0 Å². The van der Waals surface area contributed by atoms with E-state index in [-0.39, 0.29) is 0 Å². The lowest BCUT2D eigenvalue weighted by molar-refractivity contribution is 0.318. The highest BCUT2D eigenvalue weighted by atomic mass is 15.1. The Bertz CT molecular complexity index is 534. The first kappa shape index (κ1) is 13.8. The summed E-state index contributed by atoms with van der Waals surface area (Å²) >= 11 is 0. The minimum Gasteiger partial charge on any atom is -0.326 e. The zero-order chi connectivity index (χ0) is 13.7. The first-order valence-corrected chi connectivity index (χ1v) is 6.70. The highest BCUT2D eigenvalue weighted by Crippen LogP contribution is 2.12. The molecule has 0 aliphatic heterocycles. The van der Waals surface area contributed by atoms with E-state index in [0.29, 0.717) is 6.54 Å². The fourth-order valence-corrected chi connectivity index (χ4v) is 2.30. The molecule has 0 spiro atoms. The number of benzene rings is 2. The lowest BCUT2D eigenvalue weighted by atomic mass is 10.1. The summed E-state index contributed by atoms with van der Waals surface area (Å²) in [6.07, 6.45) is 0. The van der Waals surface area contributed by atoms with E-state index < -0.39 is 0 Å². The maximum absolute atomic E-state index is 5.68. The second-order valence-electron chi connectivity index (χ2n) is 5.12. The van der Waals surface area contributed by atoms with Crippen molar-refractivity contribution in [3.05, 3.63) is 70.8 Å². The molecular formula is C17H22N2. The van der Waals surface area contributed by atoms with Gasteiger partial charge in [-0.1, -0.05) is 48.5 Å².